The number of hydrogen-bond donors (Lipinski definition) is 2. The summed E-state index contributed by atoms with van der Waals surface area (Å²) in [5.41, 5.74) is 2.30. The minimum absolute atomic E-state index is 0.122. The van der Waals surface area contributed by atoms with Gasteiger partial charge in [0.05, 0.1) is 0 Å². The van der Waals surface area contributed by atoms with Crippen LogP contribution in [0, 0.1) is 0 Å². The van der Waals surface area contributed by atoms with E-state index >= 15 is 0 Å². The molecule has 1 fully saturated rings. The normalized spacial score (nSPS) is 16.8. The minimum Gasteiger partial charge on any atom is -0.348 e. The third-order valence-corrected chi connectivity index (χ3v) is 4.17. The monoisotopic (exact) mass is 295 g/mol. The second-order valence-electron chi connectivity index (χ2n) is 6.06. The fourth-order valence-corrected chi connectivity index (χ4v) is 2.69. The van der Waals surface area contributed by atoms with Gasteiger partial charge in [0.2, 0.25) is 0 Å². The third kappa shape index (κ3) is 3.74. The largest absolute Gasteiger partial charge is 0.348 e. The van der Waals surface area contributed by atoms with E-state index in [9.17, 15) is 4.79 Å². The molecule has 1 aliphatic rings. The molecule has 0 spiro atoms. The van der Waals surface area contributed by atoms with Crippen LogP contribution in [-0.4, -0.2) is 11.9 Å². The first-order valence-electron chi connectivity index (χ1n) is 7.99. The van der Waals surface area contributed by atoms with E-state index in [0.29, 0.717) is 6.04 Å². The number of nitrogens with one attached hydrogen (secondary N) is 1. The molecule has 2 aromatic rings. The first-order chi connectivity index (χ1) is 10.7. The van der Waals surface area contributed by atoms with Crippen molar-refractivity contribution in [1.29, 1.82) is 0 Å². The van der Waals surface area contributed by atoms with Gasteiger partial charge in [-0.2, -0.15) is 0 Å². The fraction of sp³-hybridized carbons (Fsp3) is 0.316. The molecule has 2 aromatic carbocycles. The van der Waals surface area contributed by atoms with E-state index in [4.69, 9.17) is 0 Å². The molecule has 3 rings (SSSR count). The summed E-state index contributed by atoms with van der Waals surface area (Å²) < 4.78 is 0. The van der Waals surface area contributed by atoms with Gasteiger partial charge in [-0.1, -0.05) is 60.7 Å². The van der Waals surface area contributed by atoms with Crippen molar-refractivity contribution < 1.29 is 10.1 Å². The molecule has 0 aliphatic heterocycles. The Morgan fingerprint density at radius 2 is 1.55 bits per heavy atom. The number of quaternary nitrogens is 1. The van der Waals surface area contributed by atoms with Crippen molar-refractivity contribution in [3.05, 3.63) is 71.8 Å². The van der Waals surface area contributed by atoms with E-state index in [1.54, 1.807) is 0 Å². The molecule has 3 nitrogen and oxygen atoms in total. The highest BCUT2D eigenvalue weighted by Crippen LogP contribution is 2.20. The van der Waals surface area contributed by atoms with Gasteiger partial charge in [-0.25, -0.2) is 0 Å². The van der Waals surface area contributed by atoms with E-state index in [0.717, 1.165) is 18.4 Å². The van der Waals surface area contributed by atoms with E-state index in [2.05, 4.69) is 29.7 Å². The van der Waals surface area contributed by atoms with Crippen LogP contribution in [0.15, 0.2) is 60.7 Å². The Bertz CT molecular complexity index is 608. The maximum Gasteiger partial charge on any atom is 0.283 e. The predicted molar refractivity (Wildman–Crippen MR) is 87.1 cm³/mol. The zero-order valence-corrected chi connectivity index (χ0v) is 12.9. The van der Waals surface area contributed by atoms with Gasteiger partial charge in [0.25, 0.3) is 5.91 Å². The number of carbonyl (C=O) groups excluding carboxylic acids is 1. The summed E-state index contributed by atoms with van der Waals surface area (Å²) in [5.74, 6) is 0.122. The lowest BCUT2D eigenvalue weighted by atomic mass is 10.0. The highest BCUT2D eigenvalue weighted by molar-refractivity contribution is 5.82. The molecule has 2 atom stereocenters. The highest BCUT2D eigenvalue weighted by Gasteiger charge is 2.31. The molecular formula is C19H23N2O+. The van der Waals surface area contributed by atoms with Gasteiger partial charge in [0, 0.05) is 17.2 Å². The van der Waals surface area contributed by atoms with Crippen LogP contribution < -0.4 is 10.6 Å². The minimum atomic E-state index is -0.197. The lowest BCUT2D eigenvalue weighted by Crippen LogP contribution is -2.88. The van der Waals surface area contributed by atoms with Crippen LogP contribution in [0.2, 0.25) is 0 Å². The molecule has 1 aliphatic carbocycles. The molecule has 22 heavy (non-hydrogen) atoms. The van der Waals surface area contributed by atoms with Crippen LogP contribution in [0.3, 0.4) is 0 Å². The maximum absolute atomic E-state index is 12.6. The molecule has 114 valence electrons. The topological polar surface area (TPSA) is 45.7 Å². The van der Waals surface area contributed by atoms with Gasteiger partial charge >= 0.3 is 0 Å². The summed E-state index contributed by atoms with van der Waals surface area (Å²) in [6, 6.07) is 20.8. The fourth-order valence-electron chi connectivity index (χ4n) is 2.69. The van der Waals surface area contributed by atoms with Crippen LogP contribution in [0.25, 0.3) is 0 Å². The number of carbonyl (C=O) groups is 1. The number of amides is 1. The Kier molecular flexibility index (Phi) is 4.54. The summed E-state index contributed by atoms with van der Waals surface area (Å²) in [6.07, 6.45) is 2.23. The average molecular weight is 295 g/mol. The van der Waals surface area contributed by atoms with Gasteiger partial charge in [-0.05, 0) is 19.8 Å². The van der Waals surface area contributed by atoms with Crippen molar-refractivity contribution in [2.75, 3.05) is 0 Å². The molecular weight excluding hydrogens is 272 g/mol. The van der Waals surface area contributed by atoms with E-state index in [-0.39, 0.29) is 18.0 Å². The van der Waals surface area contributed by atoms with Crippen molar-refractivity contribution in [2.24, 2.45) is 0 Å². The third-order valence-electron chi connectivity index (χ3n) is 4.17. The average Bonchev–Trinajstić information content (AvgIpc) is 3.38. The zero-order chi connectivity index (χ0) is 15.4. The lowest BCUT2D eigenvalue weighted by molar-refractivity contribution is -0.719. The Hall–Kier alpha value is -2.13. The molecule has 0 unspecified atom stereocenters. The Morgan fingerprint density at radius 3 is 2.09 bits per heavy atom. The highest BCUT2D eigenvalue weighted by atomic mass is 16.2. The second-order valence-corrected chi connectivity index (χ2v) is 6.06. The van der Waals surface area contributed by atoms with Gasteiger partial charge < -0.3 is 10.6 Å². The summed E-state index contributed by atoms with van der Waals surface area (Å²) in [4.78, 5) is 12.6. The molecule has 0 heterocycles. The smallest absolute Gasteiger partial charge is 0.283 e. The maximum atomic E-state index is 12.6. The number of rotatable bonds is 6. The molecule has 0 aromatic heterocycles. The number of hydrogen-bond acceptors (Lipinski definition) is 1. The Balaban J connectivity index is 1.77. The van der Waals surface area contributed by atoms with Gasteiger partial charge in [0.15, 0.2) is 6.04 Å². The van der Waals surface area contributed by atoms with E-state index in [1.807, 2.05) is 48.5 Å². The molecule has 3 N–H and O–H groups in total. The van der Waals surface area contributed by atoms with Crippen molar-refractivity contribution in [1.82, 2.24) is 5.32 Å². The number of benzene rings is 2. The van der Waals surface area contributed by atoms with Crippen molar-refractivity contribution in [3.8, 4) is 0 Å². The first kappa shape index (κ1) is 14.8. The van der Waals surface area contributed by atoms with Crippen molar-refractivity contribution in [3.63, 3.8) is 0 Å². The molecule has 3 heteroatoms. The van der Waals surface area contributed by atoms with Crippen molar-refractivity contribution >= 4 is 5.91 Å². The lowest BCUT2D eigenvalue weighted by Gasteiger charge is -2.20. The van der Waals surface area contributed by atoms with Crippen LogP contribution in [0.1, 0.15) is 43.0 Å². The van der Waals surface area contributed by atoms with Crippen LogP contribution in [0.4, 0.5) is 0 Å². The summed E-state index contributed by atoms with van der Waals surface area (Å²) in [7, 11) is 0. The van der Waals surface area contributed by atoms with E-state index in [1.165, 1.54) is 5.56 Å². The predicted octanol–water partition coefficient (Wildman–Crippen LogP) is 2.33. The number of nitrogens with two attached hydrogens (primary N) is 1. The van der Waals surface area contributed by atoms with Gasteiger partial charge in [-0.3, -0.25) is 4.79 Å². The zero-order valence-electron chi connectivity index (χ0n) is 12.9. The van der Waals surface area contributed by atoms with Crippen LogP contribution in [0.5, 0.6) is 0 Å². The molecule has 0 bridgehead atoms. The Morgan fingerprint density at radius 1 is 1.00 bits per heavy atom. The second kappa shape index (κ2) is 6.75. The molecule has 0 saturated heterocycles. The standard InChI is InChI=1S/C19H22N2O/c1-14(15-8-4-2-5-9-15)20-18(16-10-6-3-7-11-16)19(22)21-17-12-13-17/h2-11,14,17-18,20H,12-13H2,1H3,(H,21,22)/p+1/t14-,18-/m1/s1. The molecule has 1 amide bonds. The SMILES string of the molecule is C[C@@H]([NH2+][C@@H](C(=O)NC1CC1)c1ccccc1)c1ccccc1. The summed E-state index contributed by atoms with van der Waals surface area (Å²) in [6.45, 7) is 2.15. The summed E-state index contributed by atoms with van der Waals surface area (Å²) >= 11 is 0. The quantitative estimate of drug-likeness (QED) is 0.844. The van der Waals surface area contributed by atoms with Crippen molar-refractivity contribution in [2.45, 2.75) is 37.9 Å². The first-order valence-corrected chi connectivity index (χ1v) is 7.99. The Labute approximate surface area is 131 Å². The molecule has 0 radical (unpaired) electrons. The summed E-state index contributed by atoms with van der Waals surface area (Å²) in [5, 5.41) is 5.29. The van der Waals surface area contributed by atoms with Gasteiger partial charge in [-0.15, -0.1) is 0 Å². The van der Waals surface area contributed by atoms with Crippen LogP contribution in [-0.2, 0) is 4.79 Å². The van der Waals surface area contributed by atoms with Crippen LogP contribution >= 0.6 is 0 Å². The van der Waals surface area contributed by atoms with Gasteiger partial charge in [0.1, 0.15) is 6.04 Å². The van der Waals surface area contributed by atoms with E-state index < -0.39 is 0 Å². The molecule has 1 saturated carbocycles.